The SMILES string of the molecule is CCC(C)C1CCC(OC)(OC)CC1. The molecule has 1 rings (SSSR count). The summed E-state index contributed by atoms with van der Waals surface area (Å²) in [6.45, 7) is 4.64. The highest BCUT2D eigenvalue weighted by Crippen LogP contribution is 2.38. The van der Waals surface area contributed by atoms with Crippen molar-refractivity contribution in [3.8, 4) is 0 Å². The van der Waals surface area contributed by atoms with Gasteiger partial charge in [-0.15, -0.1) is 0 Å². The zero-order chi connectivity index (χ0) is 10.6. The zero-order valence-electron chi connectivity index (χ0n) is 10.0. The molecule has 0 radical (unpaired) electrons. The van der Waals surface area contributed by atoms with Crippen LogP contribution in [0, 0.1) is 11.8 Å². The summed E-state index contributed by atoms with van der Waals surface area (Å²) in [5, 5.41) is 0. The van der Waals surface area contributed by atoms with E-state index in [4.69, 9.17) is 9.47 Å². The Morgan fingerprint density at radius 1 is 1.21 bits per heavy atom. The molecule has 1 fully saturated rings. The number of ether oxygens (including phenoxy) is 2. The van der Waals surface area contributed by atoms with Crippen molar-refractivity contribution in [1.29, 1.82) is 0 Å². The zero-order valence-corrected chi connectivity index (χ0v) is 10.0. The van der Waals surface area contributed by atoms with Crippen molar-refractivity contribution in [3.05, 3.63) is 0 Å². The van der Waals surface area contributed by atoms with Crippen LogP contribution in [0.4, 0.5) is 0 Å². The Labute approximate surface area is 88.0 Å². The average molecular weight is 200 g/mol. The van der Waals surface area contributed by atoms with Gasteiger partial charge < -0.3 is 9.47 Å². The maximum Gasteiger partial charge on any atom is 0.167 e. The van der Waals surface area contributed by atoms with E-state index in [1.165, 1.54) is 19.3 Å². The van der Waals surface area contributed by atoms with Gasteiger partial charge in [0.05, 0.1) is 0 Å². The van der Waals surface area contributed by atoms with Gasteiger partial charge >= 0.3 is 0 Å². The van der Waals surface area contributed by atoms with Gasteiger partial charge in [-0.1, -0.05) is 20.3 Å². The van der Waals surface area contributed by atoms with Gasteiger partial charge in [-0.05, 0) is 24.7 Å². The standard InChI is InChI=1S/C12H24O2/c1-5-10(2)11-6-8-12(13-3,14-4)9-7-11/h10-11H,5-9H2,1-4H3. The molecule has 1 atom stereocenters. The molecule has 0 aromatic rings. The predicted octanol–water partition coefficient (Wildman–Crippen LogP) is 3.21. The second-order valence-corrected chi connectivity index (χ2v) is 4.54. The Hall–Kier alpha value is -0.0800. The molecule has 2 nitrogen and oxygen atoms in total. The van der Waals surface area contributed by atoms with Crippen LogP contribution in [0.2, 0.25) is 0 Å². The fraction of sp³-hybridized carbons (Fsp3) is 1.00. The third-order valence-corrected chi connectivity index (χ3v) is 3.98. The maximum atomic E-state index is 5.47. The van der Waals surface area contributed by atoms with Crippen molar-refractivity contribution >= 4 is 0 Å². The topological polar surface area (TPSA) is 18.5 Å². The van der Waals surface area contributed by atoms with Gasteiger partial charge in [0.15, 0.2) is 5.79 Å². The lowest BCUT2D eigenvalue weighted by atomic mass is 9.77. The molecule has 0 heterocycles. The second kappa shape index (κ2) is 5.13. The number of methoxy groups -OCH3 is 2. The summed E-state index contributed by atoms with van der Waals surface area (Å²) in [4.78, 5) is 0. The minimum atomic E-state index is -0.274. The summed E-state index contributed by atoms with van der Waals surface area (Å²) in [5.41, 5.74) is 0. The molecule has 1 saturated carbocycles. The molecule has 84 valence electrons. The van der Waals surface area contributed by atoms with Gasteiger partial charge in [0.2, 0.25) is 0 Å². The molecule has 14 heavy (non-hydrogen) atoms. The fourth-order valence-electron chi connectivity index (χ4n) is 2.47. The van der Waals surface area contributed by atoms with E-state index in [2.05, 4.69) is 13.8 Å². The second-order valence-electron chi connectivity index (χ2n) is 4.54. The molecule has 0 N–H and O–H groups in total. The van der Waals surface area contributed by atoms with E-state index in [1.807, 2.05) is 0 Å². The number of hydrogen-bond donors (Lipinski definition) is 0. The highest BCUT2D eigenvalue weighted by atomic mass is 16.7. The minimum absolute atomic E-state index is 0.274. The number of rotatable bonds is 4. The van der Waals surface area contributed by atoms with Crippen molar-refractivity contribution in [2.24, 2.45) is 11.8 Å². The summed E-state index contributed by atoms with van der Waals surface area (Å²) >= 11 is 0. The van der Waals surface area contributed by atoms with E-state index < -0.39 is 0 Å². The molecule has 0 saturated heterocycles. The van der Waals surface area contributed by atoms with E-state index >= 15 is 0 Å². The summed E-state index contributed by atoms with van der Waals surface area (Å²) < 4.78 is 10.9. The van der Waals surface area contributed by atoms with Crippen LogP contribution < -0.4 is 0 Å². The molecule has 1 aliphatic carbocycles. The largest absolute Gasteiger partial charge is 0.353 e. The van der Waals surface area contributed by atoms with Crippen LogP contribution in [0.5, 0.6) is 0 Å². The lowest BCUT2D eigenvalue weighted by Crippen LogP contribution is -2.39. The Morgan fingerprint density at radius 3 is 2.07 bits per heavy atom. The molecular formula is C12H24O2. The van der Waals surface area contributed by atoms with Crippen molar-refractivity contribution in [3.63, 3.8) is 0 Å². The van der Waals surface area contributed by atoms with E-state index in [0.29, 0.717) is 0 Å². The molecule has 1 unspecified atom stereocenters. The van der Waals surface area contributed by atoms with Gasteiger partial charge in [-0.25, -0.2) is 0 Å². The molecule has 0 aliphatic heterocycles. The smallest absolute Gasteiger partial charge is 0.167 e. The van der Waals surface area contributed by atoms with Crippen molar-refractivity contribution < 1.29 is 9.47 Å². The van der Waals surface area contributed by atoms with Gasteiger partial charge in [0.25, 0.3) is 0 Å². The highest BCUT2D eigenvalue weighted by molar-refractivity contribution is 4.81. The van der Waals surface area contributed by atoms with Crippen LogP contribution in [0.3, 0.4) is 0 Å². The van der Waals surface area contributed by atoms with Crippen LogP contribution >= 0.6 is 0 Å². The molecule has 0 aromatic heterocycles. The summed E-state index contributed by atoms with van der Waals surface area (Å²) in [5.74, 6) is 1.45. The first-order valence-corrected chi connectivity index (χ1v) is 5.77. The van der Waals surface area contributed by atoms with Gasteiger partial charge in [0.1, 0.15) is 0 Å². The first-order chi connectivity index (χ1) is 6.67. The fourth-order valence-corrected chi connectivity index (χ4v) is 2.47. The van der Waals surface area contributed by atoms with E-state index in [0.717, 1.165) is 24.7 Å². The Kier molecular flexibility index (Phi) is 4.39. The van der Waals surface area contributed by atoms with Gasteiger partial charge in [-0.3, -0.25) is 0 Å². The molecule has 2 heteroatoms. The van der Waals surface area contributed by atoms with E-state index in [1.54, 1.807) is 14.2 Å². The third-order valence-electron chi connectivity index (χ3n) is 3.98. The van der Waals surface area contributed by atoms with Crippen LogP contribution in [0.15, 0.2) is 0 Å². The van der Waals surface area contributed by atoms with Gasteiger partial charge in [0, 0.05) is 27.1 Å². The minimum Gasteiger partial charge on any atom is -0.353 e. The van der Waals surface area contributed by atoms with Crippen molar-refractivity contribution in [2.45, 2.75) is 51.7 Å². The van der Waals surface area contributed by atoms with Crippen molar-refractivity contribution in [2.75, 3.05) is 14.2 Å². The quantitative estimate of drug-likeness (QED) is 0.649. The molecule has 0 aromatic carbocycles. The van der Waals surface area contributed by atoms with Gasteiger partial charge in [-0.2, -0.15) is 0 Å². The predicted molar refractivity (Wildman–Crippen MR) is 58.2 cm³/mol. The van der Waals surface area contributed by atoms with Crippen molar-refractivity contribution in [1.82, 2.24) is 0 Å². The van der Waals surface area contributed by atoms with Crippen LogP contribution in [-0.4, -0.2) is 20.0 Å². The maximum absolute atomic E-state index is 5.47. The normalized spacial score (nSPS) is 24.9. The molecule has 0 amide bonds. The lowest BCUT2D eigenvalue weighted by Gasteiger charge is -2.39. The first kappa shape index (κ1) is 12.0. The van der Waals surface area contributed by atoms with Crippen LogP contribution in [0.25, 0.3) is 0 Å². The Balaban J connectivity index is 2.44. The Morgan fingerprint density at radius 2 is 1.71 bits per heavy atom. The summed E-state index contributed by atoms with van der Waals surface area (Å²) in [6.07, 6.45) is 5.88. The molecule has 1 aliphatic rings. The van der Waals surface area contributed by atoms with E-state index in [9.17, 15) is 0 Å². The molecular weight excluding hydrogens is 176 g/mol. The molecule has 0 bridgehead atoms. The van der Waals surface area contributed by atoms with E-state index in [-0.39, 0.29) is 5.79 Å². The molecule has 0 spiro atoms. The first-order valence-electron chi connectivity index (χ1n) is 5.77. The third kappa shape index (κ3) is 2.48. The lowest BCUT2D eigenvalue weighted by molar-refractivity contribution is -0.229. The number of hydrogen-bond acceptors (Lipinski definition) is 2. The Bertz CT molecular complexity index is 154. The average Bonchev–Trinajstić information content (AvgIpc) is 2.28. The van der Waals surface area contributed by atoms with Crippen LogP contribution in [0.1, 0.15) is 46.0 Å². The highest BCUT2D eigenvalue weighted by Gasteiger charge is 2.36. The van der Waals surface area contributed by atoms with Crippen LogP contribution in [-0.2, 0) is 9.47 Å². The monoisotopic (exact) mass is 200 g/mol. The summed E-state index contributed by atoms with van der Waals surface area (Å²) in [6, 6.07) is 0. The summed E-state index contributed by atoms with van der Waals surface area (Å²) in [7, 11) is 3.51.